The molecule has 0 bridgehead atoms. The van der Waals surface area contributed by atoms with Gasteiger partial charge in [0.15, 0.2) is 17.4 Å². The lowest BCUT2D eigenvalue weighted by Gasteiger charge is -2.20. The number of rotatable bonds is 7. The predicted octanol–water partition coefficient (Wildman–Crippen LogP) is 7.80. The summed E-state index contributed by atoms with van der Waals surface area (Å²) >= 11 is 0. The molecule has 0 radical (unpaired) electrons. The largest absolute Gasteiger partial charge is 0.573 e. The molecule has 1 aromatic heterocycles. The molecule has 1 heterocycles. The molecule has 0 aliphatic carbocycles. The summed E-state index contributed by atoms with van der Waals surface area (Å²) in [7, 11) is 0. The molecule has 0 amide bonds. The zero-order valence-corrected chi connectivity index (χ0v) is 21.6. The van der Waals surface area contributed by atoms with Crippen molar-refractivity contribution in [2.75, 3.05) is 6.61 Å². The maximum absolute atomic E-state index is 14.8. The van der Waals surface area contributed by atoms with Gasteiger partial charge in [-0.3, -0.25) is 0 Å². The van der Waals surface area contributed by atoms with Gasteiger partial charge in [0, 0.05) is 17.7 Å². The van der Waals surface area contributed by atoms with E-state index in [2.05, 4.69) is 31.3 Å². The average molecular weight is 634 g/mol. The minimum Gasteiger partial charge on any atom is -0.491 e. The Kier molecular flexibility index (Phi) is 8.88. The van der Waals surface area contributed by atoms with Gasteiger partial charge in [-0.25, -0.2) is 36.3 Å². The Bertz CT molecular complexity index is 1700. The highest BCUT2D eigenvalue weighted by atomic mass is 19.4. The van der Waals surface area contributed by atoms with Crippen molar-refractivity contribution in [3.8, 4) is 40.2 Å². The highest BCUT2D eigenvalue weighted by molar-refractivity contribution is 5.67. The third kappa shape index (κ3) is 7.28. The highest BCUT2D eigenvalue weighted by Crippen LogP contribution is 2.39. The van der Waals surface area contributed by atoms with E-state index in [1.54, 1.807) is 6.92 Å². The first-order chi connectivity index (χ1) is 20.6. The molecule has 0 saturated heterocycles. The van der Waals surface area contributed by atoms with E-state index in [-0.39, 0.29) is 30.1 Å². The van der Waals surface area contributed by atoms with Crippen LogP contribution in [0.15, 0.2) is 48.8 Å². The van der Waals surface area contributed by atoms with Crippen molar-refractivity contribution in [1.29, 1.82) is 0 Å². The van der Waals surface area contributed by atoms with Gasteiger partial charge in [-0.05, 0) is 42.7 Å². The number of alkyl halides is 5. The van der Waals surface area contributed by atoms with Gasteiger partial charge in [-0.2, -0.15) is 8.78 Å². The van der Waals surface area contributed by atoms with Gasteiger partial charge >= 0.3 is 12.5 Å². The molecular formula is C28H13F11N2O3. The van der Waals surface area contributed by atoms with Crippen LogP contribution >= 0.6 is 0 Å². The Labute approximate surface area is 239 Å². The molecule has 4 rings (SSSR count). The van der Waals surface area contributed by atoms with Crippen LogP contribution in [0.2, 0.25) is 0 Å². The lowest BCUT2D eigenvalue weighted by molar-refractivity contribution is -0.276. The lowest BCUT2D eigenvalue weighted by atomic mass is 10.0. The summed E-state index contributed by atoms with van der Waals surface area (Å²) in [4.78, 5) is 7.69. The number of hydrogen-bond acceptors (Lipinski definition) is 5. The van der Waals surface area contributed by atoms with E-state index in [9.17, 15) is 48.3 Å². The zero-order chi connectivity index (χ0) is 32.4. The van der Waals surface area contributed by atoms with E-state index in [4.69, 9.17) is 4.74 Å². The van der Waals surface area contributed by atoms with E-state index in [1.807, 2.05) is 0 Å². The first-order valence-corrected chi connectivity index (χ1v) is 11.9. The monoisotopic (exact) mass is 634 g/mol. The summed E-state index contributed by atoms with van der Waals surface area (Å²) in [5.41, 5.74) is -4.60. The summed E-state index contributed by atoms with van der Waals surface area (Å²) in [6.07, 6.45) is -7.81. The second-order valence-electron chi connectivity index (χ2n) is 8.44. The molecule has 0 N–H and O–H groups in total. The third-order valence-electron chi connectivity index (χ3n) is 5.36. The summed E-state index contributed by atoms with van der Waals surface area (Å²) < 4.78 is 166. The van der Waals surface area contributed by atoms with E-state index in [0.29, 0.717) is 24.5 Å². The maximum Gasteiger partial charge on any atom is 0.573 e. The normalized spacial score (nSPS) is 11.5. The van der Waals surface area contributed by atoms with Crippen LogP contribution < -0.4 is 14.2 Å². The fourth-order valence-electron chi connectivity index (χ4n) is 3.67. The van der Waals surface area contributed by atoms with Crippen molar-refractivity contribution < 1.29 is 62.5 Å². The summed E-state index contributed by atoms with van der Waals surface area (Å²) in [6, 6.07) is 1.23. The molecule has 0 unspecified atom stereocenters. The van der Waals surface area contributed by atoms with Crippen LogP contribution in [0.1, 0.15) is 23.9 Å². The first-order valence-electron chi connectivity index (χ1n) is 11.9. The molecule has 230 valence electrons. The number of benzene rings is 3. The maximum atomic E-state index is 14.8. The quantitative estimate of drug-likeness (QED) is 0.154. The van der Waals surface area contributed by atoms with E-state index in [1.165, 1.54) is 12.4 Å². The highest BCUT2D eigenvalue weighted by Gasteiger charge is 2.41. The van der Waals surface area contributed by atoms with Crippen LogP contribution in [0.3, 0.4) is 0 Å². The molecule has 4 aromatic rings. The Morgan fingerprint density at radius 2 is 1.20 bits per heavy atom. The molecule has 16 heteroatoms. The molecule has 0 spiro atoms. The van der Waals surface area contributed by atoms with E-state index in [0.717, 1.165) is 0 Å². The molecule has 0 atom stereocenters. The molecule has 44 heavy (non-hydrogen) atoms. The Hall–Kier alpha value is -5.07. The third-order valence-corrected chi connectivity index (χ3v) is 5.36. The van der Waals surface area contributed by atoms with Crippen LogP contribution in [0.4, 0.5) is 48.3 Å². The van der Waals surface area contributed by atoms with E-state index >= 15 is 0 Å². The Balaban J connectivity index is 1.59. The smallest absolute Gasteiger partial charge is 0.491 e. The minimum atomic E-state index is -5.50. The Morgan fingerprint density at radius 1 is 0.659 bits per heavy atom. The van der Waals surface area contributed by atoms with Gasteiger partial charge in [-0.1, -0.05) is 5.92 Å². The van der Waals surface area contributed by atoms with Crippen LogP contribution in [0.5, 0.6) is 17.2 Å². The molecule has 0 aliphatic rings. The first kappa shape index (κ1) is 31.9. The van der Waals surface area contributed by atoms with Crippen LogP contribution in [-0.4, -0.2) is 22.9 Å². The van der Waals surface area contributed by atoms with Gasteiger partial charge < -0.3 is 14.2 Å². The molecule has 0 saturated carbocycles. The van der Waals surface area contributed by atoms with Crippen LogP contribution in [0.25, 0.3) is 11.1 Å². The average Bonchev–Trinajstić information content (AvgIpc) is 2.89. The van der Waals surface area contributed by atoms with Gasteiger partial charge in [0.1, 0.15) is 34.6 Å². The second kappa shape index (κ2) is 12.3. The van der Waals surface area contributed by atoms with Crippen LogP contribution in [-0.2, 0) is 6.11 Å². The van der Waals surface area contributed by atoms with Crippen molar-refractivity contribution in [3.63, 3.8) is 0 Å². The molecule has 0 fully saturated rings. The van der Waals surface area contributed by atoms with Crippen molar-refractivity contribution in [2.24, 2.45) is 0 Å². The van der Waals surface area contributed by atoms with Crippen molar-refractivity contribution in [1.82, 2.24) is 9.97 Å². The number of nitrogens with zero attached hydrogens (tertiary/aromatic N) is 2. The topological polar surface area (TPSA) is 53.5 Å². The molecular weight excluding hydrogens is 621 g/mol. The predicted molar refractivity (Wildman–Crippen MR) is 128 cm³/mol. The van der Waals surface area contributed by atoms with Crippen molar-refractivity contribution >= 4 is 0 Å². The van der Waals surface area contributed by atoms with Crippen molar-refractivity contribution in [2.45, 2.75) is 19.4 Å². The standard InChI is InChI=1S/C28H13F11N2O3/c1-2-42-16-11-40-23(41-12-16)4-3-13-5-19(31)25(20(32)6-13)27(35,36)43-15-9-17(29)24(18(30)10-15)14-7-21(33)26(22(34)8-14)44-28(37,38)39/h5-12H,2H2,1H3. The minimum absolute atomic E-state index is 0.0874. The van der Waals surface area contributed by atoms with Gasteiger partial charge in [0.2, 0.25) is 11.6 Å². The van der Waals surface area contributed by atoms with Gasteiger partial charge in [0.05, 0.1) is 24.6 Å². The van der Waals surface area contributed by atoms with E-state index < -0.39 is 81.1 Å². The summed E-state index contributed by atoms with van der Waals surface area (Å²) in [5.74, 6) is -9.57. The fourth-order valence-corrected chi connectivity index (χ4v) is 3.67. The van der Waals surface area contributed by atoms with Crippen LogP contribution in [0, 0.1) is 46.7 Å². The summed E-state index contributed by atoms with van der Waals surface area (Å²) in [5, 5.41) is 0. The fraction of sp³-hybridized carbons (Fsp3) is 0.143. The molecule has 3 aromatic carbocycles. The SMILES string of the molecule is CCOc1cnc(C#Cc2cc(F)c(C(F)(F)Oc3cc(F)c(-c4cc(F)c(OC(F)(F)F)c(F)c4)c(F)c3)c(F)c2)nc1. The molecule has 5 nitrogen and oxygen atoms in total. The number of aromatic nitrogens is 2. The zero-order valence-electron chi connectivity index (χ0n) is 21.6. The van der Waals surface area contributed by atoms with Gasteiger partial charge in [0.25, 0.3) is 0 Å². The van der Waals surface area contributed by atoms with Gasteiger partial charge in [-0.15, -0.1) is 13.2 Å². The second-order valence-corrected chi connectivity index (χ2v) is 8.44. The number of hydrogen-bond donors (Lipinski definition) is 0. The van der Waals surface area contributed by atoms with Crippen molar-refractivity contribution in [3.05, 3.63) is 101 Å². The number of halogens is 11. The summed E-state index contributed by atoms with van der Waals surface area (Å²) in [6.45, 7) is 2.06. The molecule has 0 aliphatic heterocycles. The number of ether oxygens (including phenoxy) is 3. The Morgan fingerprint density at radius 3 is 1.70 bits per heavy atom. The lowest BCUT2D eigenvalue weighted by Crippen LogP contribution is -2.25.